The van der Waals surface area contributed by atoms with E-state index in [9.17, 15) is 0 Å². The third-order valence-electron chi connectivity index (χ3n) is 11.4. The number of methoxy groups -OCH3 is 2. The Bertz CT molecular complexity index is 2590. The molecule has 0 atom stereocenters. The normalized spacial score (nSPS) is 21.8. The van der Waals surface area contributed by atoms with E-state index in [2.05, 4.69) is 9.97 Å². The molecule has 3 saturated heterocycles. The van der Waals surface area contributed by atoms with Crippen LogP contribution in [-0.2, 0) is 29.2 Å². The molecule has 0 bridgehead atoms. The van der Waals surface area contributed by atoms with Crippen molar-refractivity contribution in [3.05, 3.63) is 120 Å². The first-order valence-corrected chi connectivity index (χ1v) is 17.3. The molecular formula is C40H30N8O5. The van der Waals surface area contributed by atoms with E-state index in [-0.39, 0.29) is 38.6 Å². The molecular weight excluding hydrogens is 672 g/mol. The Labute approximate surface area is 301 Å². The highest BCUT2D eigenvalue weighted by Crippen LogP contribution is 2.65. The van der Waals surface area contributed by atoms with Crippen LogP contribution in [0.2, 0.25) is 0 Å². The van der Waals surface area contributed by atoms with E-state index >= 15 is 9.59 Å². The van der Waals surface area contributed by atoms with E-state index in [1.165, 1.54) is 0 Å². The fraction of sp³-hybridized carbons (Fsp3) is 0.200. The van der Waals surface area contributed by atoms with E-state index in [1.807, 2.05) is 84.9 Å². The van der Waals surface area contributed by atoms with Crippen molar-refractivity contribution in [2.75, 3.05) is 27.7 Å². The number of aromatic nitrogens is 4. The summed E-state index contributed by atoms with van der Waals surface area (Å²) in [6, 6.07) is 26.7. The number of rotatable bonds is 4. The zero-order chi connectivity index (χ0) is 35.6. The summed E-state index contributed by atoms with van der Waals surface area (Å²) in [5.74, 6) is 0.898. The standard InChI is InChI=1S/C40H30N8O5/c1-51-35-27-19-45-37(49)47-21-53-22-48-38(50)46(39(45,23-11-5-3-6-12-23)40(47,48)24-13-7-4-8-14-24)20-28(27)36(52-2)34-33(35)43-31-25-15-9-17-41-29(25)30-26(32(31)44-34)16-10-18-42-30/h3-18H,19-22H2,1-2H3. The smallest absolute Gasteiger partial charge is 0.326 e. The third kappa shape index (κ3) is 3.41. The van der Waals surface area contributed by atoms with Gasteiger partial charge in [0.25, 0.3) is 0 Å². The van der Waals surface area contributed by atoms with Crippen LogP contribution in [-0.4, -0.2) is 79.3 Å². The van der Waals surface area contributed by atoms with Crippen LogP contribution >= 0.6 is 0 Å². The van der Waals surface area contributed by atoms with Gasteiger partial charge in [0.15, 0.2) is 22.8 Å². The van der Waals surface area contributed by atoms with Crippen molar-refractivity contribution in [1.82, 2.24) is 39.5 Å². The molecule has 3 aromatic heterocycles. The van der Waals surface area contributed by atoms with Crippen molar-refractivity contribution in [1.29, 1.82) is 0 Å². The largest absolute Gasteiger partial charge is 0.494 e. The zero-order valence-electron chi connectivity index (χ0n) is 28.7. The topological polar surface area (TPSA) is 126 Å². The van der Waals surface area contributed by atoms with Gasteiger partial charge in [0.05, 0.1) is 49.4 Å². The highest BCUT2D eigenvalue weighted by molar-refractivity contribution is 6.21. The first-order chi connectivity index (χ1) is 26.0. The second-order valence-electron chi connectivity index (χ2n) is 13.6. The molecule has 0 saturated carbocycles. The Morgan fingerprint density at radius 1 is 0.547 bits per heavy atom. The van der Waals surface area contributed by atoms with Gasteiger partial charge in [-0.25, -0.2) is 19.6 Å². The summed E-state index contributed by atoms with van der Waals surface area (Å²) in [6.45, 7) is 0.154. The quantitative estimate of drug-likeness (QED) is 0.160. The molecule has 0 unspecified atom stereocenters. The van der Waals surface area contributed by atoms with E-state index in [1.54, 1.807) is 46.2 Å². The minimum absolute atomic E-state index is 0.00283. The maximum absolute atomic E-state index is 15.1. The van der Waals surface area contributed by atoms with E-state index < -0.39 is 11.3 Å². The van der Waals surface area contributed by atoms with Gasteiger partial charge in [-0.15, -0.1) is 0 Å². The number of hydrogen-bond acceptors (Lipinski definition) is 9. The Morgan fingerprint density at radius 3 is 1.42 bits per heavy atom. The van der Waals surface area contributed by atoms with Crippen LogP contribution in [0.25, 0.3) is 43.9 Å². The SMILES string of the molecule is COc1c2c(c(OC)c3nc4c5cccnc5c5ncccc5c4nc13)CN1C(=O)N3COCN4C(=O)N(C2)C1(c1ccccc1)C43c1ccccc1. The van der Waals surface area contributed by atoms with Crippen molar-refractivity contribution in [2.24, 2.45) is 0 Å². The Balaban J connectivity index is 1.27. The molecule has 4 aromatic carbocycles. The average Bonchev–Trinajstić information content (AvgIpc) is 3.49. The van der Waals surface area contributed by atoms with Crippen molar-refractivity contribution >= 4 is 55.9 Å². The lowest BCUT2D eigenvalue weighted by molar-refractivity contribution is -0.179. The Hall–Kier alpha value is -6.60. The number of ether oxygens (including phenoxy) is 3. The molecule has 4 amide bonds. The molecule has 13 heteroatoms. The van der Waals surface area contributed by atoms with Gasteiger partial charge in [-0.1, -0.05) is 60.7 Å². The molecule has 53 heavy (non-hydrogen) atoms. The number of fused-ring (bicyclic) bond motifs is 8. The van der Waals surface area contributed by atoms with Crippen molar-refractivity contribution < 1.29 is 23.8 Å². The van der Waals surface area contributed by atoms with Gasteiger partial charge >= 0.3 is 12.1 Å². The van der Waals surface area contributed by atoms with E-state index in [0.29, 0.717) is 55.7 Å². The molecule has 7 aromatic rings. The number of pyridine rings is 2. The first kappa shape index (κ1) is 30.1. The summed E-state index contributed by atoms with van der Waals surface area (Å²) >= 11 is 0. The maximum atomic E-state index is 15.1. The van der Waals surface area contributed by atoms with Gasteiger partial charge in [0.2, 0.25) is 0 Å². The average molecular weight is 703 g/mol. The van der Waals surface area contributed by atoms with Gasteiger partial charge in [0, 0.05) is 45.4 Å². The maximum Gasteiger partial charge on any atom is 0.326 e. The fourth-order valence-corrected chi connectivity index (χ4v) is 9.49. The number of urea groups is 2. The Kier molecular flexibility index (Phi) is 5.95. The van der Waals surface area contributed by atoms with Crippen LogP contribution in [0.1, 0.15) is 22.3 Å². The van der Waals surface area contributed by atoms with Crippen LogP contribution in [0.3, 0.4) is 0 Å². The summed E-state index contributed by atoms with van der Waals surface area (Å²) < 4.78 is 18.6. The summed E-state index contributed by atoms with van der Waals surface area (Å²) in [6.07, 6.45) is 3.48. The zero-order valence-corrected chi connectivity index (χ0v) is 28.7. The summed E-state index contributed by atoms with van der Waals surface area (Å²) in [4.78, 5) is 57.1. The molecule has 0 radical (unpaired) electrons. The van der Waals surface area contributed by atoms with Crippen LogP contribution < -0.4 is 9.47 Å². The molecule has 0 spiro atoms. The third-order valence-corrected chi connectivity index (χ3v) is 11.4. The number of carbonyl (C=O) groups excluding carboxylic acids is 2. The lowest BCUT2D eigenvalue weighted by atomic mass is 9.79. The number of amides is 4. The van der Waals surface area contributed by atoms with Crippen LogP contribution in [0.5, 0.6) is 11.5 Å². The van der Waals surface area contributed by atoms with Gasteiger partial charge in [0.1, 0.15) is 24.5 Å². The lowest BCUT2D eigenvalue weighted by Crippen LogP contribution is -2.65. The fourth-order valence-electron chi connectivity index (χ4n) is 9.49. The van der Waals surface area contributed by atoms with Gasteiger partial charge in [-0.3, -0.25) is 29.6 Å². The molecule has 11 rings (SSSR count). The van der Waals surface area contributed by atoms with Crippen LogP contribution in [0, 0.1) is 0 Å². The molecule has 3 fully saturated rings. The summed E-state index contributed by atoms with van der Waals surface area (Å²) in [5, 5.41) is 1.59. The predicted octanol–water partition coefficient (Wildman–Crippen LogP) is 6.04. The highest BCUT2D eigenvalue weighted by atomic mass is 16.5. The molecule has 4 aliphatic heterocycles. The van der Waals surface area contributed by atoms with Crippen molar-refractivity contribution in [3.63, 3.8) is 0 Å². The minimum atomic E-state index is -1.33. The number of nitrogens with zero attached hydrogens (tertiary/aromatic N) is 8. The van der Waals surface area contributed by atoms with Gasteiger partial charge in [-0.2, -0.15) is 0 Å². The van der Waals surface area contributed by atoms with Crippen LogP contribution in [0.15, 0.2) is 97.3 Å². The monoisotopic (exact) mass is 702 g/mol. The van der Waals surface area contributed by atoms with E-state index in [0.717, 1.165) is 21.9 Å². The molecule has 4 aliphatic rings. The molecule has 0 N–H and O–H groups in total. The molecule has 13 nitrogen and oxygen atoms in total. The molecule has 0 aliphatic carbocycles. The van der Waals surface area contributed by atoms with Gasteiger partial charge in [-0.05, 0) is 24.3 Å². The summed E-state index contributed by atoms with van der Waals surface area (Å²) in [7, 11) is 3.19. The minimum Gasteiger partial charge on any atom is -0.494 e. The van der Waals surface area contributed by atoms with Crippen LogP contribution in [0.4, 0.5) is 9.59 Å². The number of carbonyl (C=O) groups is 2. The van der Waals surface area contributed by atoms with E-state index in [4.69, 9.17) is 24.2 Å². The highest BCUT2D eigenvalue weighted by Gasteiger charge is 2.81. The van der Waals surface area contributed by atoms with Crippen molar-refractivity contribution in [2.45, 2.75) is 24.4 Å². The predicted molar refractivity (Wildman–Crippen MR) is 193 cm³/mol. The molecule has 7 heterocycles. The number of benzene rings is 4. The first-order valence-electron chi connectivity index (χ1n) is 17.3. The molecule has 260 valence electrons. The van der Waals surface area contributed by atoms with Gasteiger partial charge < -0.3 is 14.2 Å². The Morgan fingerprint density at radius 2 is 0.981 bits per heavy atom. The summed E-state index contributed by atoms with van der Waals surface area (Å²) in [5.41, 5.74) is 3.98. The number of hydrogen-bond donors (Lipinski definition) is 0. The lowest BCUT2D eigenvalue weighted by Gasteiger charge is -2.51. The second-order valence-corrected chi connectivity index (χ2v) is 13.6. The van der Waals surface area contributed by atoms with Crippen molar-refractivity contribution in [3.8, 4) is 11.5 Å². The second kappa shape index (κ2) is 10.5.